The number of ketones is 1. The molecule has 0 spiro atoms. The van der Waals surface area contributed by atoms with E-state index in [0.29, 0.717) is 24.7 Å². The van der Waals surface area contributed by atoms with Gasteiger partial charge in [0.1, 0.15) is 12.7 Å². The van der Waals surface area contributed by atoms with Gasteiger partial charge in [-0.3, -0.25) is 9.59 Å². The van der Waals surface area contributed by atoms with Crippen LogP contribution in [-0.2, 0) is 14.3 Å². The predicted octanol–water partition coefficient (Wildman–Crippen LogP) is 3.67. The maximum absolute atomic E-state index is 12.4. The van der Waals surface area contributed by atoms with E-state index in [-0.39, 0.29) is 35.1 Å². The fourth-order valence-corrected chi connectivity index (χ4v) is 5.07. The Kier molecular flexibility index (Phi) is 7.49. The minimum atomic E-state index is -1.02. The Hall–Kier alpha value is -1.20. The molecule has 28 heavy (non-hydrogen) atoms. The van der Waals surface area contributed by atoms with Crippen LogP contribution in [0.15, 0.2) is 11.6 Å². The second-order valence-electron chi connectivity index (χ2n) is 10.0. The highest BCUT2D eigenvalue weighted by atomic mass is 16.5. The molecule has 2 N–H and O–H groups in total. The molecular formula is C23H38O5. The average Bonchev–Trinajstić information content (AvgIpc) is 2.60. The van der Waals surface area contributed by atoms with Gasteiger partial charge in [-0.25, -0.2) is 0 Å². The number of fused-ring (bicyclic) bond motifs is 1. The number of aliphatic hydroxyl groups excluding tert-OH is 2. The van der Waals surface area contributed by atoms with Gasteiger partial charge < -0.3 is 14.9 Å². The predicted molar refractivity (Wildman–Crippen MR) is 109 cm³/mol. The largest absolute Gasteiger partial charge is 0.463 e. The summed E-state index contributed by atoms with van der Waals surface area (Å²) in [6.07, 6.45) is 6.01. The molecule has 160 valence electrons. The third-order valence-electron chi connectivity index (χ3n) is 7.22. The minimum Gasteiger partial charge on any atom is -0.463 e. The van der Waals surface area contributed by atoms with Crippen LogP contribution in [0.5, 0.6) is 0 Å². The summed E-state index contributed by atoms with van der Waals surface area (Å²) < 4.78 is 5.03. The molecule has 2 aliphatic rings. The molecule has 2 aliphatic carbocycles. The fourth-order valence-electron chi connectivity index (χ4n) is 5.07. The van der Waals surface area contributed by atoms with Crippen LogP contribution in [0.4, 0.5) is 0 Å². The summed E-state index contributed by atoms with van der Waals surface area (Å²) in [7, 11) is 0. The van der Waals surface area contributed by atoms with E-state index in [4.69, 9.17) is 9.84 Å². The molecule has 0 radical (unpaired) electrons. The van der Waals surface area contributed by atoms with Crippen LogP contribution in [0.2, 0.25) is 0 Å². The number of carbonyl (C=O) groups excluding carboxylic acids is 2. The molecule has 0 aromatic heterocycles. The molecule has 0 aromatic rings. The number of aliphatic hydroxyl groups is 2. The summed E-state index contributed by atoms with van der Waals surface area (Å²) >= 11 is 0. The number of ether oxygens (including phenoxy) is 1. The number of hydrogen-bond acceptors (Lipinski definition) is 5. The molecule has 1 saturated carbocycles. The molecule has 5 nitrogen and oxygen atoms in total. The SMILES string of the molecule is C[C@H](CC[C@@]1(C)C2=CC(=O)CC(C)(C)[C@@H]2CC[C@H]1C)CC(=O)OC[C@H](O)CO. The van der Waals surface area contributed by atoms with Crippen molar-refractivity contribution in [3.8, 4) is 0 Å². The minimum absolute atomic E-state index is 0.0124. The number of carbonyl (C=O) groups is 2. The summed E-state index contributed by atoms with van der Waals surface area (Å²) in [5, 5.41) is 18.1. The summed E-state index contributed by atoms with van der Waals surface area (Å²) in [5.74, 6) is 1.04. The van der Waals surface area contributed by atoms with Crippen molar-refractivity contribution in [3.63, 3.8) is 0 Å². The van der Waals surface area contributed by atoms with Crippen LogP contribution < -0.4 is 0 Å². The van der Waals surface area contributed by atoms with Crippen molar-refractivity contribution in [1.29, 1.82) is 0 Å². The number of rotatable bonds is 8. The first-order valence-corrected chi connectivity index (χ1v) is 10.7. The zero-order valence-corrected chi connectivity index (χ0v) is 18.2. The Bertz CT molecular complexity index is 608. The second kappa shape index (κ2) is 9.08. The lowest BCUT2D eigenvalue weighted by atomic mass is 9.52. The van der Waals surface area contributed by atoms with E-state index in [1.165, 1.54) is 12.0 Å². The van der Waals surface area contributed by atoms with Crippen LogP contribution in [0.1, 0.15) is 73.1 Å². The van der Waals surface area contributed by atoms with E-state index >= 15 is 0 Å². The quantitative estimate of drug-likeness (QED) is 0.614. The van der Waals surface area contributed by atoms with Crippen LogP contribution in [0.25, 0.3) is 0 Å². The van der Waals surface area contributed by atoms with Crippen LogP contribution in [-0.4, -0.2) is 41.3 Å². The molecule has 0 aliphatic heterocycles. The average molecular weight is 395 g/mol. The monoisotopic (exact) mass is 394 g/mol. The highest BCUT2D eigenvalue weighted by molar-refractivity contribution is 5.92. The third kappa shape index (κ3) is 5.24. The molecule has 0 saturated heterocycles. The summed E-state index contributed by atoms with van der Waals surface area (Å²) in [5.41, 5.74) is 1.33. The Morgan fingerprint density at radius 2 is 2.00 bits per heavy atom. The molecule has 5 atom stereocenters. The summed E-state index contributed by atoms with van der Waals surface area (Å²) in [6.45, 7) is 10.5. The highest BCUT2D eigenvalue weighted by Crippen LogP contribution is 2.57. The van der Waals surface area contributed by atoms with Gasteiger partial charge in [-0.2, -0.15) is 0 Å². The topological polar surface area (TPSA) is 83.8 Å². The Morgan fingerprint density at radius 1 is 1.32 bits per heavy atom. The van der Waals surface area contributed by atoms with E-state index in [1.807, 2.05) is 13.0 Å². The van der Waals surface area contributed by atoms with E-state index in [2.05, 4.69) is 27.7 Å². The zero-order chi connectivity index (χ0) is 21.1. The Balaban J connectivity index is 2.01. The molecule has 2 rings (SSSR count). The van der Waals surface area contributed by atoms with Crippen molar-refractivity contribution in [2.45, 2.75) is 79.2 Å². The lowest BCUT2D eigenvalue weighted by Gasteiger charge is -2.52. The maximum Gasteiger partial charge on any atom is 0.306 e. The van der Waals surface area contributed by atoms with Crippen LogP contribution in [0, 0.1) is 28.6 Å². The first-order chi connectivity index (χ1) is 13.0. The molecule has 0 heterocycles. The zero-order valence-electron chi connectivity index (χ0n) is 18.2. The van der Waals surface area contributed by atoms with Crippen molar-refractivity contribution in [2.24, 2.45) is 28.6 Å². The second-order valence-corrected chi connectivity index (χ2v) is 10.0. The van der Waals surface area contributed by atoms with E-state index < -0.39 is 12.7 Å². The fraction of sp³-hybridized carbons (Fsp3) is 0.826. The first kappa shape index (κ1) is 23.1. The van der Waals surface area contributed by atoms with Gasteiger partial charge in [-0.05, 0) is 60.3 Å². The number of allylic oxidation sites excluding steroid dienone is 2. The smallest absolute Gasteiger partial charge is 0.306 e. The molecule has 0 bridgehead atoms. The van der Waals surface area contributed by atoms with Gasteiger partial charge in [-0.15, -0.1) is 0 Å². The van der Waals surface area contributed by atoms with Crippen molar-refractivity contribution in [1.82, 2.24) is 0 Å². The lowest BCUT2D eigenvalue weighted by Crippen LogP contribution is -2.44. The first-order valence-electron chi connectivity index (χ1n) is 10.7. The highest BCUT2D eigenvalue weighted by Gasteiger charge is 2.49. The van der Waals surface area contributed by atoms with Crippen molar-refractivity contribution >= 4 is 11.8 Å². The molecule has 1 fully saturated rings. The molecule has 0 aromatic carbocycles. The lowest BCUT2D eigenvalue weighted by molar-refractivity contribution is -0.148. The van der Waals surface area contributed by atoms with Gasteiger partial charge in [0.05, 0.1) is 6.61 Å². The summed E-state index contributed by atoms with van der Waals surface area (Å²) in [6, 6.07) is 0. The van der Waals surface area contributed by atoms with E-state index in [1.54, 1.807) is 0 Å². The molecule has 5 heteroatoms. The van der Waals surface area contributed by atoms with Gasteiger partial charge in [0.15, 0.2) is 5.78 Å². The maximum atomic E-state index is 12.4. The van der Waals surface area contributed by atoms with Crippen LogP contribution in [0.3, 0.4) is 0 Å². The molecular weight excluding hydrogens is 356 g/mol. The van der Waals surface area contributed by atoms with E-state index in [0.717, 1.165) is 19.3 Å². The van der Waals surface area contributed by atoms with Gasteiger partial charge >= 0.3 is 5.97 Å². The third-order valence-corrected chi connectivity index (χ3v) is 7.22. The van der Waals surface area contributed by atoms with Gasteiger partial charge in [0.25, 0.3) is 0 Å². The van der Waals surface area contributed by atoms with Gasteiger partial charge in [0.2, 0.25) is 0 Å². The number of esters is 1. The van der Waals surface area contributed by atoms with Crippen LogP contribution >= 0.6 is 0 Å². The molecule has 0 unspecified atom stereocenters. The normalized spacial score (nSPS) is 31.5. The Morgan fingerprint density at radius 3 is 2.64 bits per heavy atom. The number of hydrogen-bond donors (Lipinski definition) is 2. The summed E-state index contributed by atoms with van der Waals surface area (Å²) in [4.78, 5) is 24.3. The van der Waals surface area contributed by atoms with Crippen molar-refractivity contribution in [2.75, 3.05) is 13.2 Å². The van der Waals surface area contributed by atoms with E-state index in [9.17, 15) is 14.7 Å². The van der Waals surface area contributed by atoms with Gasteiger partial charge in [0, 0.05) is 12.8 Å². The standard InChI is InChI=1S/C23H38O5/c1-15(10-21(27)28-14-18(26)13-24)8-9-23(5)16(2)6-7-19-20(23)11-17(25)12-22(19,3)4/h11,15-16,18-19,24,26H,6-10,12-14H2,1-5H3/t15-,16-,18-,19-,23-/m1/s1. The van der Waals surface area contributed by atoms with Crippen molar-refractivity contribution < 1.29 is 24.5 Å². The van der Waals surface area contributed by atoms with Crippen molar-refractivity contribution in [3.05, 3.63) is 11.6 Å². The Labute approximate surface area is 169 Å². The van der Waals surface area contributed by atoms with Gasteiger partial charge in [-0.1, -0.05) is 40.2 Å². The molecule has 0 amide bonds.